The van der Waals surface area contributed by atoms with Gasteiger partial charge >= 0.3 is 6.09 Å². The van der Waals surface area contributed by atoms with Crippen molar-refractivity contribution >= 4 is 21.7 Å². The van der Waals surface area contributed by atoms with Crippen LogP contribution in [-0.4, -0.2) is 56.7 Å². The summed E-state index contributed by atoms with van der Waals surface area (Å²) < 4.78 is 7.25. The monoisotopic (exact) mass is 450 g/mol. The average molecular weight is 451 g/mol. The van der Waals surface area contributed by atoms with Crippen LogP contribution < -0.4 is 5.32 Å². The standard InChI is InChI=1S/C25H30N2O4Si/c1-15(2)25(3,4)32-27-21(13-28)22(23(27)29)26-24(30)31-14-20-18-11-7-5-9-16(18)17-10-6-8-12-19(17)20/h5-12,15,20-22,28H,13-14H2,1-4H3,(H,26,30). The molecule has 2 aliphatic rings. The number of hydrogen-bond acceptors (Lipinski definition) is 4. The summed E-state index contributed by atoms with van der Waals surface area (Å²) in [5.74, 6) is 0.190. The Morgan fingerprint density at radius 3 is 2.22 bits per heavy atom. The lowest BCUT2D eigenvalue weighted by Gasteiger charge is -2.49. The van der Waals surface area contributed by atoms with Crippen molar-refractivity contribution in [1.29, 1.82) is 0 Å². The van der Waals surface area contributed by atoms with Gasteiger partial charge in [-0.3, -0.25) is 4.79 Å². The smallest absolute Gasteiger partial charge is 0.407 e. The second-order valence-electron chi connectivity index (χ2n) is 9.39. The number of amides is 2. The molecule has 1 heterocycles. The fraction of sp³-hybridized carbons (Fsp3) is 0.440. The number of aliphatic hydroxyl groups excluding tert-OH is 1. The first-order valence-electron chi connectivity index (χ1n) is 11.1. The zero-order chi connectivity index (χ0) is 23.0. The molecule has 2 unspecified atom stereocenters. The van der Waals surface area contributed by atoms with Crippen LogP contribution in [0.2, 0.25) is 5.04 Å². The zero-order valence-corrected chi connectivity index (χ0v) is 20.0. The summed E-state index contributed by atoms with van der Waals surface area (Å²) >= 11 is 0. The second-order valence-corrected chi connectivity index (χ2v) is 11.4. The Bertz CT molecular complexity index is 977. The van der Waals surface area contributed by atoms with Crippen LogP contribution in [0.15, 0.2) is 48.5 Å². The molecule has 2 aromatic carbocycles. The molecule has 1 saturated heterocycles. The van der Waals surface area contributed by atoms with Crippen LogP contribution >= 0.6 is 0 Å². The first-order valence-corrected chi connectivity index (χ1v) is 12.0. The van der Waals surface area contributed by atoms with E-state index in [4.69, 9.17) is 4.74 Å². The maximum atomic E-state index is 12.7. The third-order valence-corrected chi connectivity index (χ3v) is 8.82. The predicted molar refractivity (Wildman–Crippen MR) is 124 cm³/mol. The highest BCUT2D eigenvalue weighted by Crippen LogP contribution is 2.44. The number of alkyl carbamates (subject to hydrolysis) is 1. The Morgan fingerprint density at radius 2 is 1.69 bits per heavy atom. The van der Waals surface area contributed by atoms with Crippen molar-refractivity contribution in [1.82, 2.24) is 9.88 Å². The van der Waals surface area contributed by atoms with Gasteiger partial charge in [-0.05, 0) is 33.2 Å². The molecular weight excluding hydrogens is 420 g/mol. The van der Waals surface area contributed by atoms with Crippen molar-refractivity contribution in [3.63, 3.8) is 0 Å². The third-order valence-electron chi connectivity index (χ3n) is 6.88. The van der Waals surface area contributed by atoms with Crippen LogP contribution in [0.5, 0.6) is 0 Å². The van der Waals surface area contributed by atoms with Crippen LogP contribution in [0.3, 0.4) is 0 Å². The fourth-order valence-electron chi connectivity index (χ4n) is 4.23. The molecule has 2 atom stereocenters. The van der Waals surface area contributed by atoms with Gasteiger partial charge in [-0.2, -0.15) is 0 Å². The molecule has 1 fully saturated rings. The molecule has 0 saturated carbocycles. The molecule has 2 N–H and O–H groups in total. The van der Waals surface area contributed by atoms with E-state index in [1.165, 1.54) is 0 Å². The number of fused-ring (bicyclic) bond motifs is 3. The molecule has 2 radical (unpaired) electrons. The minimum Gasteiger partial charge on any atom is -0.449 e. The maximum absolute atomic E-state index is 12.7. The minimum absolute atomic E-state index is 0.0382. The lowest BCUT2D eigenvalue weighted by atomic mass is 9.98. The van der Waals surface area contributed by atoms with Crippen LogP contribution in [0.1, 0.15) is 44.7 Å². The number of nitrogens with one attached hydrogen (secondary N) is 1. The summed E-state index contributed by atoms with van der Waals surface area (Å²) in [4.78, 5) is 25.3. The van der Waals surface area contributed by atoms with Gasteiger partial charge in [0.1, 0.15) is 12.6 Å². The lowest BCUT2D eigenvalue weighted by molar-refractivity contribution is -0.144. The molecule has 2 aromatic rings. The summed E-state index contributed by atoms with van der Waals surface area (Å²) in [6.45, 7) is 8.47. The highest BCUT2D eigenvalue weighted by Gasteiger charge is 2.50. The number of aliphatic hydroxyl groups is 1. The molecule has 7 heteroatoms. The molecule has 1 aliphatic carbocycles. The highest BCUT2D eigenvalue weighted by molar-refractivity contribution is 6.42. The third kappa shape index (κ3) is 3.95. The van der Waals surface area contributed by atoms with Gasteiger partial charge in [0.05, 0.1) is 12.6 Å². The molecule has 4 rings (SSSR count). The Morgan fingerprint density at radius 1 is 1.12 bits per heavy atom. The number of nitrogens with zero attached hydrogens (tertiary/aromatic N) is 1. The van der Waals surface area contributed by atoms with E-state index in [0.717, 1.165) is 22.3 Å². The Labute approximate surface area is 191 Å². The van der Waals surface area contributed by atoms with Gasteiger partial charge in [0, 0.05) is 5.92 Å². The van der Waals surface area contributed by atoms with Crippen LogP contribution in [-0.2, 0) is 9.53 Å². The first kappa shape index (κ1) is 22.5. The molecular formula is C25H30N2O4Si. The number of benzene rings is 2. The molecule has 0 bridgehead atoms. The normalized spacial score (nSPS) is 20.1. The lowest BCUT2D eigenvalue weighted by Crippen LogP contribution is -2.73. The summed E-state index contributed by atoms with van der Waals surface area (Å²) in [7, 11) is 0.246. The van der Waals surface area contributed by atoms with Gasteiger partial charge in [0.25, 0.3) is 0 Å². The number of carbonyl (C=O) groups is 2. The van der Waals surface area contributed by atoms with E-state index in [1.807, 2.05) is 24.3 Å². The van der Waals surface area contributed by atoms with Crippen molar-refractivity contribution in [2.24, 2.45) is 5.92 Å². The SMILES string of the molecule is CC(C)C(C)(C)[Si]N1C(=O)C(NC(=O)OCC2c3ccccc3-c3ccccc32)C1CO. The maximum Gasteiger partial charge on any atom is 0.407 e. The topological polar surface area (TPSA) is 78.9 Å². The summed E-state index contributed by atoms with van der Waals surface area (Å²) in [6.07, 6.45) is -0.630. The average Bonchev–Trinajstić information content (AvgIpc) is 3.10. The Balaban J connectivity index is 1.38. The predicted octanol–water partition coefficient (Wildman–Crippen LogP) is 3.57. The van der Waals surface area contributed by atoms with Crippen molar-refractivity contribution in [2.75, 3.05) is 13.2 Å². The van der Waals surface area contributed by atoms with Gasteiger partial charge < -0.3 is 19.7 Å². The molecule has 2 amide bonds. The zero-order valence-electron chi connectivity index (χ0n) is 19.0. The van der Waals surface area contributed by atoms with E-state index >= 15 is 0 Å². The van der Waals surface area contributed by atoms with E-state index < -0.39 is 18.2 Å². The van der Waals surface area contributed by atoms with Gasteiger partial charge in [0.2, 0.25) is 5.91 Å². The summed E-state index contributed by atoms with van der Waals surface area (Å²) in [5.41, 5.74) is 4.60. The van der Waals surface area contributed by atoms with E-state index in [1.54, 1.807) is 4.57 Å². The quantitative estimate of drug-likeness (QED) is 0.499. The number of carbonyl (C=O) groups excluding carboxylic acids is 2. The van der Waals surface area contributed by atoms with Gasteiger partial charge in [-0.1, -0.05) is 76.2 Å². The number of ether oxygens (including phenoxy) is 1. The second kappa shape index (κ2) is 8.71. The number of rotatable bonds is 7. The summed E-state index contributed by atoms with van der Waals surface area (Å²) in [5, 5.41) is 12.5. The fourth-order valence-corrected chi connectivity index (χ4v) is 5.76. The first-order chi connectivity index (χ1) is 15.2. The van der Waals surface area contributed by atoms with Crippen molar-refractivity contribution < 1.29 is 19.4 Å². The van der Waals surface area contributed by atoms with E-state index in [2.05, 4.69) is 57.3 Å². The van der Waals surface area contributed by atoms with Crippen molar-refractivity contribution in [3.8, 4) is 11.1 Å². The minimum atomic E-state index is -0.744. The number of β-lactam (4-membered cyclic amide) rings is 1. The van der Waals surface area contributed by atoms with E-state index in [9.17, 15) is 14.7 Å². The van der Waals surface area contributed by atoms with Gasteiger partial charge in [-0.15, -0.1) is 0 Å². The largest absolute Gasteiger partial charge is 0.449 e. The van der Waals surface area contributed by atoms with E-state index in [0.29, 0.717) is 5.92 Å². The molecule has 0 aromatic heterocycles. The van der Waals surface area contributed by atoms with Crippen molar-refractivity contribution in [2.45, 2.75) is 50.7 Å². The Hall–Kier alpha value is -2.64. The van der Waals surface area contributed by atoms with Crippen LogP contribution in [0.25, 0.3) is 11.1 Å². The number of hydrogen-bond donors (Lipinski definition) is 2. The Kier molecular flexibility index (Phi) is 6.14. The molecule has 1 aliphatic heterocycles. The molecule has 168 valence electrons. The molecule has 6 nitrogen and oxygen atoms in total. The van der Waals surface area contributed by atoms with Crippen LogP contribution in [0, 0.1) is 5.92 Å². The molecule has 32 heavy (non-hydrogen) atoms. The molecule has 0 spiro atoms. The summed E-state index contributed by atoms with van der Waals surface area (Å²) in [6, 6.07) is 15.1. The van der Waals surface area contributed by atoms with E-state index in [-0.39, 0.29) is 39.8 Å². The highest BCUT2D eigenvalue weighted by atomic mass is 28.2. The van der Waals surface area contributed by atoms with Crippen molar-refractivity contribution in [3.05, 3.63) is 59.7 Å². The van der Waals surface area contributed by atoms with Gasteiger partial charge in [-0.25, -0.2) is 4.79 Å². The van der Waals surface area contributed by atoms with Crippen LogP contribution in [0.4, 0.5) is 4.79 Å². The van der Waals surface area contributed by atoms with Gasteiger partial charge in [0.15, 0.2) is 9.68 Å².